The van der Waals surface area contributed by atoms with Crippen molar-refractivity contribution in [2.45, 2.75) is 38.6 Å². The highest BCUT2D eigenvalue weighted by atomic mass is 32.1. The quantitative estimate of drug-likeness (QED) is 0.439. The summed E-state index contributed by atoms with van der Waals surface area (Å²) in [6, 6.07) is 10.4. The van der Waals surface area contributed by atoms with E-state index in [1.165, 1.54) is 29.2 Å². The lowest BCUT2D eigenvalue weighted by atomic mass is 9.91. The Hall–Kier alpha value is -3.35. The van der Waals surface area contributed by atoms with Crippen LogP contribution >= 0.6 is 11.5 Å². The highest BCUT2D eigenvalue weighted by molar-refractivity contribution is 7.09. The Morgan fingerprint density at radius 1 is 1.24 bits per heavy atom. The van der Waals surface area contributed by atoms with Crippen LogP contribution in [0.15, 0.2) is 36.5 Å². The first kappa shape index (κ1) is 21.5. The molecule has 2 N–H and O–H groups in total. The van der Waals surface area contributed by atoms with Crippen LogP contribution in [0.4, 0.5) is 9.52 Å². The van der Waals surface area contributed by atoms with Crippen molar-refractivity contribution in [1.82, 2.24) is 24.1 Å². The van der Waals surface area contributed by atoms with E-state index in [1.807, 2.05) is 6.07 Å². The third kappa shape index (κ3) is 4.32. The van der Waals surface area contributed by atoms with Crippen LogP contribution in [-0.4, -0.2) is 31.8 Å². The molecule has 0 spiro atoms. The second-order valence-electron chi connectivity index (χ2n) is 8.15. The maximum atomic E-state index is 13.5. The zero-order chi connectivity index (χ0) is 22.8. The molecule has 0 bridgehead atoms. The van der Waals surface area contributed by atoms with E-state index in [-0.39, 0.29) is 5.56 Å². The predicted molar refractivity (Wildman–Crippen MR) is 127 cm³/mol. The van der Waals surface area contributed by atoms with Crippen LogP contribution in [-0.2, 0) is 13.0 Å². The van der Waals surface area contributed by atoms with E-state index >= 15 is 0 Å². The van der Waals surface area contributed by atoms with Crippen molar-refractivity contribution in [2.75, 3.05) is 18.4 Å². The van der Waals surface area contributed by atoms with Crippen LogP contribution in [0.25, 0.3) is 17.0 Å². The first-order valence-corrected chi connectivity index (χ1v) is 11.9. The molecule has 4 aromatic rings. The number of imidazole rings is 1. The van der Waals surface area contributed by atoms with Crippen molar-refractivity contribution in [3.05, 3.63) is 64.9 Å². The molecule has 0 radical (unpaired) electrons. The molecule has 0 amide bonds. The lowest BCUT2D eigenvalue weighted by Gasteiger charge is -2.23. The number of nitrogens with one attached hydrogen (secondary N) is 2. The number of nitriles is 1. The average Bonchev–Trinajstić information content (AvgIpc) is 3.47. The molecule has 1 fully saturated rings. The summed E-state index contributed by atoms with van der Waals surface area (Å²) in [5.41, 5.74) is 5.21. The summed E-state index contributed by atoms with van der Waals surface area (Å²) in [5.74, 6) is 0.535. The Kier molecular flexibility index (Phi) is 6.03. The van der Waals surface area contributed by atoms with Crippen LogP contribution in [0.5, 0.6) is 0 Å². The molecule has 33 heavy (non-hydrogen) atoms. The van der Waals surface area contributed by atoms with Gasteiger partial charge in [-0.3, -0.25) is 0 Å². The molecular weight excluding hydrogens is 437 g/mol. The van der Waals surface area contributed by atoms with Crippen molar-refractivity contribution < 1.29 is 4.39 Å². The van der Waals surface area contributed by atoms with Crippen LogP contribution < -0.4 is 10.6 Å². The molecule has 0 saturated carbocycles. The molecule has 1 saturated heterocycles. The number of pyridine rings is 1. The van der Waals surface area contributed by atoms with Crippen molar-refractivity contribution >= 4 is 22.3 Å². The number of nitrogens with zero attached hydrogens (tertiary/aromatic N) is 5. The lowest BCUT2D eigenvalue weighted by molar-refractivity contribution is 0.459. The fourth-order valence-electron chi connectivity index (χ4n) is 4.39. The molecule has 9 heteroatoms. The molecule has 0 atom stereocenters. The summed E-state index contributed by atoms with van der Waals surface area (Å²) in [4.78, 5) is 9.35. The maximum Gasteiger partial charge on any atom is 0.203 e. The second-order valence-corrected chi connectivity index (χ2v) is 8.90. The van der Waals surface area contributed by atoms with Gasteiger partial charge in [-0.05, 0) is 68.1 Å². The van der Waals surface area contributed by atoms with Crippen LogP contribution in [0.1, 0.15) is 48.2 Å². The molecule has 4 heterocycles. The number of piperidine rings is 1. The number of hydrogen-bond acceptors (Lipinski definition) is 7. The van der Waals surface area contributed by atoms with E-state index in [9.17, 15) is 9.65 Å². The third-order valence-electron chi connectivity index (χ3n) is 6.14. The summed E-state index contributed by atoms with van der Waals surface area (Å²) in [5, 5.41) is 16.8. The van der Waals surface area contributed by atoms with Crippen molar-refractivity contribution in [2.24, 2.45) is 0 Å². The summed E-state index contributed by atoms with van der Waals surface area (Å²) in [7, 11) is 0. The SMILES string of the molecule is CCc1nc2ccc(C3CCNCC3)cn2c1CNc1nc(-c2ccc(F)cc2C#N)ns1. The number of fused-ring (bicyclic) bond motifs is 1. The van der Waals surface area contributed by atoms with Crippen molar-refractivity contribution in [3.8, 4) is 17.5 Å². The predicted octanol–water partition coefficient (Wildman–Crippen LogP) is 4.51. The molecule has 1 aromatic carbocycles. The van der Waals surface area contributed by atoms with Gasteiger partial charge in [-0.1, -0.05) is 13.0 Å². The van der Waals surface area contributed by atoms with Crippen LogP contribution in [0.3, 0.4) is 0 Å². The second kappa shape index (κ2) is 9.25. The van der Waals surface area contributed by atoms with Gasteiger partial charge < -0.3 is 15.0 Å². The summed E-state index contributed by atoms with van der Waals surface area (Å²) < 4.78 is 20.0. The standard InChI is InChI=1S/C24H24FN7S/c1-2-20-21(32-14-16(3-6-22(32)29-20)15-7-9-27-10-8-15)13-28-24-30-23(31-33-24)19-5-4-18(25)11-17(19)12-26/h3-6,11,14-15,27H,2,7-10,13H2,1H3,(H,28,30,31). The van der Waals surface area contributed by atoms with Gasteiger partial charge >= 0.3 is 0 Å². The largest absolute Gasteiger partial charge is 0.355 e. The fraction of sp³-hybridized carbons (Fsp3) is 0.333. The Morgan fingerprint density at radius 2 is 2.09 bits per heavy atom. The molecule has 168 valence electrons. The van der Waals surface area contributed by atoms with Gasteiger partial charge in [0.15, 0.2) is 5.82 Å². The van der Waals surface area contributed by atoms with E-state index in [0.29, 0.717) is 29.0 Å². The van der Waals surface area contributed by atoms with E-state index in [4.69, 9.17) is 4.98 Å². The zero-order valence-electron chi connectivity index (χ0n) is 18.3. The van der Waals surface area contributed by atoms with Gasteiger partial charge in [0.1, 0.15) is 11.5 Å². The van der Waals surface area contributed by atoms with Crippen LogP contribution in [0, 0.1) is 17.1 Å². The Morgan fingerprint density at radius 3 is 2.88 bits per heavy atom. The number of rotatable bonds is 6. The van der Waals surface area contributed by atoms with Gasteiger partial charge in [-0.2, -0.15) is 14.6 Å². The van der Waals surface area contributed by atoms with E-state index < -0.39 is 5.82 Å². The minimum atomic E-state index is -0.451. The zero-order valence-corrected chi connectivity index (χ0v) is 19.1. The summed E-state index contributed by atoms with van der Waals surface area (Å²) in [6.07, 6.45) is 5.37. The smallest absolute Gasteiger partial charge is 0.203 e. The molecule has 1 aliphatic heterocycles. The Balaban J connectivity index is 1.40. The number of aromatic nitrogens is 4. The lowest BCUT2D eigenvalue weighted by Crippen LogP contribution is -2.26. The molecule has 1 aliphatic rings. The van der Waals surface area contributed by atoms with E-state index in [1.54, 1.807) is 6.07 Å². The monoisotopic (exact) mass is 461 g/mol. The highest BCUT2D eigenvalue weighted by Crippen LogP contribution is 2.28. The number of hydrogen-bond donors (Lipinski definition) is 2. The molecule has 3 aromatic heterocycles. The van der Waals surface area contributed by atoms with Crippen LogP contribution in [0.2, 0.25) is 0 Å². The molecule has 5 rings (SSSR count). The maximum absolute atomic E-state index is 13.5. The third-order valence-corrected chi connectivity index (χ3v) is 6.82. The van der Waals surface area contributed by atoms with E-state index in [0.717, 1.165) is 49.4 Å². The number of anilines is 1. The Bertz CT molecular complexity index is 1330. The number of benzene rings is 1. The average molecular weight is 462 g/mol. The first-order chi connectivity index (χ1) is 16.2. The minimum Gasteiger partial charge on any atom is -0.355 e. The van der Waals surface area contributed by atoms with Gasteiger partial charge in [-0.15, -0.1) is 0 Å². The van der Waals surface area contributed by atoms with Crippen molar-refractivity contribution in [3.63, 3.8) is 0 Å². The molecule has 7 nitrogen and oxygen atoms in total. The van der Waals surface area contributed by atoms with E-state index in [2.05, 4.69) is 49.6 Å². The summed E-state index contributed by atoms with van der Waals surface area (Å²) in [6.45, 7) is 4.79. The number of aryl methyl sites for hydroxylation is 1. The molecule has 0 unspecified atom stereocenters. The topological polar surface area (TPSA) is 90.9 Å². The normalized spacial score (nSPS) is 14.5. The first-order valence-electron chi connectivity index (χ1n) is 11.1. The highest BCUT2D eigenvalue weighted by Gasteiger charge is 2.18. The van der Waals surface area contributed by atoms with Gasteiger partial charge in [0.05, 0.1) is 29.6 Å². The number of halogens is 1. The minimum absolute atomic E-state index is 0.222. The van der Waals surface area contributed by atoms with Gasteiger partial charge in [0.2, 0.25) is 5.13 Å². The Labute approximate surface area is 195 Å². The molecular formula is C24H24FN7S. The van der Waals surface area contributed by atoms with Gasteiger partial charge in [0.25, 0.3) is 0 Å². The van der Waals surface area contributed by atoms with Crippen molar-refractivity contribution in [1.29, 1.82) is 5.26 Å². The fourth-order valence-corrected chi connectivity index (χ4v) is 4.97. The van der Waals surface area contributed by atoms with Gasteiger partial charge in [0, 0.05) is 23.3 Å². The summed E-state index contributed by atoms with van der Waals surface area (Å²) >= 11 is 1.22. The van der Waals surface area contributed by atoms with Gasteiger partial charge in [-0.25, -0.2) is 9.37 Å². The molecule has 0 aliphatic carbocycles.